The maximum absolute atomic E-state index is 12.2. The minimum absolute atomic E-state index is 0.235. The Morgan fingerprint density at radius 3 is 2.50 bits per heavy atom. The van der Waals surface area contributed by atoms with Gasteiger partial charge in [0, 0.05) is 23.0 Å². The van der Waals surface area contributed by atoms with Gasteiger partial charge in [0.15, 0.2) is 5.16 Å². The van der Waals surface area contributed by atoms with Crippen molar-refractivity contribution in [1.82, 2.24) is 15.4 Å². The first kappa shape index (κ1) is 19.7. The van der Waals surface area contributed by atoms with Gasteiger partial charge in [-0.2, -0.15) is 5.10 Å². The minimum atomic E-state index is -0.383. The minimum Gasteiger partial charge on any atom is -0.497 e. The fraction of sp³-hybridized carbons (Fsp3) is 0.333. The molecule has 7 nitrogen and oxygen atoms in total. The van der Waals surface area contributed by atoms with Crippen LogP contribution in [0.4, 0.5) is 0 Å². The number of aromatic nitrogens is 2. The number of methoxy groups -OCH3 is 2. The molecule has 0 aliphatic carbocycles. The Balaban J connectivity index is 1.98. The van der Waals surface area contributed by atoms with Gasteiger partial charge in [0.25, 0.3) is 5.91 Å². The largest absolute Gasteiger partial charge is 0.497 e. The Labute approximate surface area is 157 Å². The van der Waals surface area contributed by atoms with Gasteiger partial charge in [0.05, 0.1) is 25.7 Å². The monoisotopic (exact) mass is 374 g/mol. The number of benzene rings is 1. The van der Waals surface area contributed by atoms with Gasteiger partial charge in [-0.25, -0.2) is 15.4 Å². The fourth-order valence-corrected chi connectivity index (χ4v) is 3.01. The molecule has 2 rings (SSSR count). The van der Waals surface area contributed by atoms with Gasteiger partial charge in [-0.15, -0.1) is 0 Å². The summed E-state index contributed by atoms with van der Waals surface area (Å²) in [6.07, 6.45) is 1.53. The van der Waals surface area contributed by atoms with Crippen molar-refractivity contribution in [2.75, 3.05) is 14.2 Å². The molecule has 8 heteroatoms. The van der Waals surface area contributed by atoms with E-state index in [1.807, 2.05) is 19.9 Å². The standard InChI is InChI=1S/C18H22N4O3S/c1-11-8-12(2)21-18(20-11)26-13(3)17(23)22-19-10-14-6-7-15(24-4)9-16(14)25-5/h6-10,13H,1-5H3,(H,22,23). The molecule has 0 aliphatic rings. The molecule has 0 radical (unpaired) electrons. The van der Waals surface area contributed by atoms with E-state index in [4.69, 9.17) is 9.47 Å². The molecule has 138 valence electrons. The molecule has 1 N–H and O–H groups in total. The van der Waals surface area contributed by atoms with Crippen molar-refractivity contribution in [2.24, 2.45) is 5.10 Å². The summed E-state index contributed by atoms with van der Waals surface area (Å²) in [4.78, 5) is 20.9. The van der Waals surface area contributed by atoms with E-state index in [0.717, 1.165) is 17.0 Å². The third kappa shape index (κ3) is 5.45. The van der Waals surface area contributed by atoms with Crippen molar-refractivity contribution in [3.63, 3.8) is 0 Å². The molecule has 1 aromatic carbocycles. The van der Waals surface area contributed by atoms with Crippen molar-refractivity contribution in [2.45, 2.75) is 31.2 Å². The van der Waals surface area contributed by atoms with Crippen LogP contribution in [0.15, 0.2) is 34.5 Å². The van der Waals surface area contributed by atoms with E-state index < -0.39 is 0 Å². The molecule has 1 unspecified atom stereocenters. The molecule has 0 aliphatic heterocycles. The average Bonchev–Trinajstić information content (AvgIpc) is 2.60. The summed E-state index contributed by atoms with van der Waals surface area (Å²) >= 11 is 1.29. The molecule has 1 heterocycles. The van der Waals surface area contributed by atoms with Crippen LogP contribution in [0.25, 0.3) is 0 Å². The Bertz CT molecular complexity index is 791. The molecule has 0 saturated heterocycles. The van der Waals surface area contributed by atoms with Crippen molar-refractivity contribution in [1.29, 1.82) is 0 Å². The van der Waals surface area contributed by atoms with Gasteiger partial charge >= 0.3 is 0 Å². The summed E-state index contributed by atoms with van der Waals surface area (Å²) in [5, 5.41) is 4.20. The van der Waals surface area contributed by atoms with Gasteiger partial charge in [-0.3, -0.25) is 4.79 Å². The quantitative estimate of drug-likeness (QED) is 0.347. The van der Waals surface area contributed by atoms with Crippen molar-refractivity contribution < 1.29 is 14.3 Å². The summed E-state index contributed by atoms with van der Waals surface area (Å²) in [5.41, 5.74) is 5.00. The topological polar surface area (TPSA) is 85.7 Å². The van der Waals surface area contributed by atoms with E-state index in [2.05, 4.69) is 20.5 Å². The summed E-state index contributed by atoms with van der Waals surface area (Å²) in [6, 6.07) is 7.23. The number of carbonyl (C=O) groups is 1. The van der Waals surface area contributed by atoms with Crippen molar-refractivity contribution >= 4 is 23.9 Å². The molecule has 1 aromatic heterocycles. The van der Waals surface area contributed by atoms with Crippen LogP contribution in [0.1, 0.15) is 23.9 Å². The van der Waals surface area contributed by atoms with Crippen LogP contribution in [-0.2, 0) is 4.79 Å². The second kappa shape index (κ2) is 9.19. The number of amides is 1. The van der Waals surface area contributed by atoms with Crippen LogP contribution in [-0.4, -0.2) is 41.6 Å². The first-order chi connectivity index (χ1) is 12.4. The zero-order valence-electron chi connectivity index (χ0n) is 15.4. The molecule has 0 bridgehead atoms. The SMILES string of the molecule is COc1ccc(C=NNC(=O)C(C)Sc2nc(C)cc(C)n2)c(OC)c1. The van der Waals surface area contributed by atoms with E-state index in [9.17, 15) is 4.79 Å². The second-order valence-electron chi connectivity index (χ2n) is 5.54. The zero-order valence-corrected chi connectivity index (χ0v) is 16.3. The summed E-state index contributed by atoms with van der Waals surface area (Å²) in [5.74, 6) is 1.05. The van der Waals surface area contributed by atoms with Crippen LogP contribution in [0, 0.1) is 13.8 Å². The van der Waals surface area contributed by atoms with E-state index >= 15 is 0 Å². The van der Waals surface area contributed by atoms with Crippen LogP contribution in [0.3, 0.4) is 0 Å². The highest BCUT2D eigenvalue weighted by Gasteiger charge is 2.16. The highest BCUT2D eigenvalue weighted by Crippen LogP contribution is 2.23. The van der Waals surface area contributed by atoms with Crippen molar-refractivity contribution in [3.05, 3.63) is 41.2 Å². The van der Waals surface area contributed by atoms with Crippen LogP contribution in [0.5, 0.6) is 11.5 Å². The number of thioether (sulfide) groups is 1. The Hall–Kier alpha value is -2.61. The van der Waals surface area contributed by atoms with Crippen LogP contribution >= 0.6 is 11.8 Å². The summed E-state index contributed by atoms with van der Waals surface area (Å²) < 4.78 is 10.4. The number of nitrogens with zero attached hydrogens (tertiary/aromatic N) is 3. The van der Waals surface area contributed by atoms with Gasteiger partial charge in [0.1, 0.15) is 11.5 Å². The molecule has 26 heavy (non-hydrogen) atoms. The van der Waals surface area contributed by atoms with Crippen LogP contribution in [0.2, 0.25) is 0 Å². The molecule has 0 spiro atoms. The number of carbonyl (C=O) groups excluding carboxylic acids is 1. The second-order valence-corrected chi connectivity index (χ2v) is 6.84. The molecule has 0 fully saturated rings. The normalized spacial score (nSPS) is 12.0. The first-order valence-electron chi connectivity index (χ1n) is 7.97. The highest BCUT2D eigenvalue weighted by molar-refractivity contribution is 8.00. The maximum atomic E-state index is 12.2. The number of hydrogen-bond acceptors (Lipinski definition) is 7. The average molecular weight is 374 g/mol. The molecule has 1 atom stereocenters. The van der Waals surface area contributed by atoms with Gasteiger partial charge < -0.3 is 9.47 Å². The zero-order chi connectivity index (χ0) is 19.1. The molecule has 0 saturated carbocycles. The number of aryl methyl sites for hydroxylation is 2. The number of nitrogens with one attached hydrogen (secondary N) is 1. The number of ether oxygens (including phenoxy) is 2. The molecular weight excluding hydrogens is 352 g/mol. The highest BCUT2D eigenvalue weighted by atomic mass is 32.2. The third-order valence-electron chi connectivity index (χ3n) is 3.43. The Morgan fingerprint density at radius 2 is 1.88 bits per heavy atom. The van der Waals surface area contributed by atoms with E-state index in [1.54, 1.807) is 39.3 Å². The summed E-state index contributed by atoms with van der Waals surface area (Å²) in [6.45, 7) is 5.58. The van der Waals surface area contributed by atoms with E-state index in [-0.39, 0.29) is 11.2 Å². The van der Waals surface area contributed by atoms with Crippen molar-refractivity contribution in [3.8, 4) is 11.5 Å². The maximum Gasteiger partial charge on any atom is 0.253 e. The van der Waals surface area contributed by atoms with Crippen LogP contribution < -0.4 is 14.9 Å². The lowest BCUT2D eigenvalue weighted by molar-refractivity contribution is -0.120. The Morgan fingerprint density at radius 1 is 1.19 bits per heavy atom. The lowest BCUT2D eigenvalue weighted by atomic mass is 10.2. The predicted molar refractivity (Wildman–Crippen MR) is 102 cm³/mol. The van der Waals surface area contributed by atoms with Gasteiger partial charge in [0.2, 0.25) is 0 Å². The molecule has 1 amide bonds. The number of hydrogen-bond donors (Lipinski definition) is 1. The molecular formula is C18H22N4O3S. The van der Waals surface area contributed by atoms with E-state index in [1.165, 1.54) is 18.0 Å². The third-order valence-corrected chi connectivity index (χ3v) is 4.39. The lowest BCUT2D eigenvalue weighted by Crippen LogP contribution is -2.27. The Kier molecular flexibility index (Phi) is 6.97. The predicted octanol–water partition coefficient (Wildman–Crippen LogP) is 2.74. The fourth-order valence-electron chi connectivity index (χ4n) is 2.14. The van der Waals surface area contributed by atoms with Gasteiger partial charge in [-0.05, 0) is 39.0 Å². The summed E-state index contributed by atoms with van der Waals surface area (Å²) in [7, 11) is 3.15. The smallest absolute Gasteiger partial charge is 0.253 e. The van der Waals surface area contributed by atoms with Gasteiger partial charge in [-0.1, -0.05) is 11.8 Å². The van der Waals surface area contributed by atoms with E-state index in [0.29, 0.717) is 16.7 Å². The molecule has 2 aromatic rings. The number of rotatable bonds is 7. The lowest BCUT2D eigenvalue weighted by Gasteiger charge is -2.09. The number of hydrazone groups is 1. The first-order valence-corrected chi connectivity index (χ1v) is 8.84.